The smallest absolute Gasteiger partial charge is 0.258 e. The van der Waals surface area contributed by atoms with Crippen molar-refractivity contribution in [1.29, 1.82) is 0 Å². The van der Waals surface area contributed by atoms with Crippen LogP contribution in [0.25, 0.3) is 0 Å². The normalized spacial score (nSPS) is 15.0. The zero-order chi connectivity index (χ0) is 16.8. The summed E-state index contributed by atoms with van der Waals surface area (Å²) in [6.07, 6.45) is 0.810. The number of carbonyl (C=O) groups excluding carboxylic acids is 1. The number of benzene rings is 2. The van der Waals surface area contributed by atoms with Crippen molar-refractivity contribution in [3.8, 4) is 5.75 Å². The van der Waals surface area contributed by atoms with Crippen molar-refractivity contribution in [2.75, 3.05) is 5.32 Å². The molecule has 0 unspecified atom stereocenters. The van der Waals surface area contributed by atoms with Crippen LogP contribution in [0.5, 0.6) is 5.75 Å². The van der Waals surface area contributed by atoms with Crippen LogP contribution in [0.3, 0.4) is 0 Å². The number of rotatable bonds is 2. The van der Waals surface area contributed by atoms with E-state index in [2.05, 4.69) is 5.32 Å². The van der Waals surface area contributed by atoms with Crippen molar-refractivity contribution in [2.24, 2.45) is 0 Å². The molecule has 23 heavy (non-hydrogen) atoms. The Labute approximate surface area is 145 Å². The van der Waals surface area contributed by atoms with Gasteiger partial charge in [-0.3, -0.25) is 4.79 Å². The number of anilines is 1. The molecule has 120 valence electrons. The summed E-state index contributed by atoms with van der Waals surface area (Å²) in [6, 6.07) is 8.81. The Balaban J connectivity index is 1.97. The van der Waals surface area contributed by atoms with E-state index in [4.69, 9.17) is 27.9 Å². The van der Waals surface area contributed by atoms with E-state index in [-0.39, 0.29) is 17.1 Å². The minimum Gasteiger partial charge on any atom is -0.485 e. The molecule has 1 N–H and O–H groups in total. The van der Waals surface area contributed by atoms with Crippen LogP contribution in [-0.2, 0) is 6.42 Å². The highest BCUT2D eigenvalue weighted by molar-refractivity contribution is 6.40. The predicted octanol–water partition coefficient (Wildman–Crippen LogP) is 5.27. The van der Waals surface area contributed by atoms with Gasteiger partial charge in [-0.1, -0.05) is 35.3 Å². The molecule has 1 aliphatic heterocycles. The van der Waals surface area contributed by atoms with E-state index in [0.29, 0.717) is 15.7 Å². The molecule has 2 aromatic rings. The maximum absolute atomic E-state index is 12.6. The first-order valence-corrected chi connectivity index (χ1v) is 8.11. The summed E-state index contributed by atoms with van der Waals surface area (Å²) in [5.41, 5.74) is 2.90. The van der Waals surface area contributed by atoms with Crippen LogP contribution < -0.4 is 10.1 Å². The molecule has 2 aromatic carbocycles. The number of amides is 1. The summed E-state index contributed by atoms with van der Waals surface area (Å²) in [5.74, 6) is 0.381. The molecule has 0 aliphatic carbocycles. The molecule has 3 rings (SSSR count). The topological polar surface area (TPSA) is 38.3 Å². The van der Waals surface area contributed by atoms with Crippen LogP contribution in [-0.4, -0.2) is 11.5 Å². The number of hydrogen-bond acceptors (Lipinski definition) is 2. The molecule has 5 heteroatoms. The van der Waals surface area contributed by atoms with E-state index in [1.807, 2.05) is 32.9 Å². The van der Waals surface area contributed by atoms with Gasteiger partial charge in [0.15, 0.2) is 0 Å². The molecule has 0 aromatic heterocycles. The van der Waals surface area contributed by atoms with Crippen LogP contribution in [0.4, 0.5) is 5.69 Å². The molecular formula is C18H17Cl2NO2. The highest BCUT2D eigenvalue weighted by Gasteiger charge is 2.33. The first kappa shape index (κ1) is 16.2. The molecule has 0 bridgehead atoms. The molecule has 3 nitrogen and oxygen atoms in total. The minimum absolute atomic E-state index is 0.266. The van der Waals surface area contributed by atoms with Crippen LogP contribution in [0.2, 0.25) is 10.0 Å². The van der Waals surface area contributed by atoms with Gasteiger partial charge in [-0.05, 0) is 44.5 Å². The average Bonchev–Trinajstić information content (AvgIpc) is 2.78. The predicted molar refractivity (Wildman–Crippen MR) is 94.0 cm³/mol. The van der Waals surface area contributed by atoms with Crippen LogP contribution in [0.1, 0.15) is 35.3 Å². The van der Waals surface area contributed by atoms with E-state index < -0.39 is 0 Å². The average molecular weight is 350 g/mol. The summed E-state index contributed by atoms with van der Waals surface area (Å²) >= 11 is 12.2. The Morgan fingerprint density at radius 3 is 2.48 bits per heavy atom. The zero-order valence-electron chi connectivity index (χ0n) is 13.2. The monoisotopic (exact) mass is 349 g/mol. The number of carbonyl (C=O) groups is 1. The van der Waals surface area contributed by atoms with Crippen molar-refractivity contribution in [3.63, 3.8) is 0 Å². The van der Waals surface area contributed by atoms with Gasteiger partial charge in [0.05, 0.1) is 21.3 Å². The Morgan fingerprint density at radius 2 is 1.83 bits per heavy atom. The van der Waals surface area contributed by atoms with E-state index in [1.165, 1.54) is 0 Å². The molecule has 1 heterocycles. The number of hydrogen-bond donors (Lipinski definition) is 1. The first-order valence-electron chi connectivity index (χ1n) is 7.35. The number of aryl methyl sites for hydroxylation is 1. The van der Waals surface area contributed by atoms with Gasteiger partial charge in [-0.25, -0.2) is 0 Å². The fourth-order valence-corrected chi connectivity index (χ4v) is 3.37. The molecule has 0 radical (unpaired) electrons. The van der Waals surface area contributed by atoms with E-state index in [1.54, 1.807) is 18.2 Å². The van der Waals surface area contributed by atoms with Crippen molar-refractivity contribution in [1.82, 2.24) is 0 Å². The lowest BCUT2D eigenvalue weighted by molar-refractivity contribution is 0.102. The quantitative estimate of drug-likeness (QED) is 0.802. The highest BCUT2D eigenvalue weighted by Crippen LogP contribution is 2.42. The second-order valence-electron chi connectivity index (χ2n) is 6.33. The third kappa shape index (κ3) is 3.04. The second-order valence-corrected chi connectivity index (χ2v) is 7.14. The molecule has 0 saturated heterocycles. The fourth-order valence-electron chi connectivity index (χ4n) is 2.80. The largest absolute Gasteiger partial charge is 0.485 e. The summed E-state index contributed by atoms with van der Waals surface area (Å²) in [4.78, 5) is 12.6. The third-order valence-electron chi connectivity index (χ3n) is 3.91. The standard InChI is InChI=1S/C18H17Cl2NO2/c1-10-7-8-14(16-11(10)9-18(2,3)23-16)21-17(22)15-12(19)5-4-6-13(15)20/h4-8H,9H2,1-3H3,(H,21,22). The van der Waals surface area contributed by atoms with Gasteiger partial charge in [-0.15, -0.1) is 0 Å². The van der Waals surface area contributed by atoms with Crippen LogP contribution in [0.15, 0.2) is 30.3 Å². The maximum atomic E-state index is 12.6. The molecule has 0 saturated carbocycles. The van der Waals surface area contributed by atoms with E-state index in [9.17, 15) is 4.79 Å². The molecule has 0 spiro atoms. The van der Waals surface area contributed by atoms with Crippen molar-refractivity contribution in [3.05, 3.63) is 57.1 Å². The van der Waals surface area contributed by atoms with Gasteiger partial charge in [0.2, 0.25) is 0 Å². The zero-order valence-corrected chi connectivity index (χ0v) is 14.7. The summed E-state index contributed by atoms with van der Waals surface area (Å²) < 4.78 is 6.02. The van der Waals surface area contributed by atoms with Gasteiger partial charge >= 0.3 is 0 Å². The molecule has 1 aliphatic rings. The Morgan fingerprint density at radius 1 is 1.17 bits per heavy atom. The van der Waals surface area contributed by atoms with Gasteiger partial charge in [-0.2, -0.15) is 0 Å². The van der Waals surface area contributed by atoms with Crippen LogP contribution in [0, 0.1) is 6.92 Å². The fraction of sp³-hybridized carbons (Fsp3) is 0.278. The maximum Gasteiger partial charge on any atom is 0.258 e. The molecule has 0 atom stereocenters. The SMILES string of the molecule is Cc1ccc(NC(=O)c2c(Cl)cccc2Cl)c2c1CC(C)(C)O2. The molecule has 0 fully saturated rings. The number of fused-ring (bicyclic) bond motifs is 1. The Hall–Kier alpha value is -1.71. The molecular weight excluding hydrogens is 333 g/mol. The summed E-state index contributed by atoms with van der Waals surface area (Å²) in [5, 5.41) is 3.51. The Bertz CT molecular complexity index is 780. The number of ether oxygens (including phenoxy) is 1. The summed E-state index contributed by atoms with van der Waals surface area (Å²) in [7, 11) is 0. The number of halogens is 2. The number of nitrogens with one attached hydrogen (secondary N) is 1. The van der Waals surface area contributed by atoms with E-state index in [0.717, 1.165) is 23.3 Å². The minimum atomic E-state index is -0.347. The van der Waals surface area contributed by atoms with Gasteiger partial charge in [0.1, 0.15) is 11.4 Å². The van der Waals surface area contributed by atoms with Gasteiger partial charge in [0, 0.05) is 12.0 Å². The lowest BCUT2D eigenvalue weighted by atomic mass is 9.97. The van der Waals surface area contributed by atoms with Crippen molar-refractivity contribution >= 4 is 34.8 Å². The van der Waals surface area contributed by atoms with Crippen molar-refractivity contribution in [2.45, 2.75) is 32.8 Å². The highest BCUT2D eigenvalue weighted by atomic mass is 35.5. The first-order chi connectivity index (χ1) is 10.8. The van der Waals surface area contributed by atoms with Crippen molar-refractivity contribution < 1.29 is 9.53 Å². The molecule has 1 amide bonds. The summed E-state index contributed by atoms with van der Waals surface area (Å²) in [6.45, 7) is 6.10. The van der Waals surface area contributed by atoms with E-state index >= 15 is 0 Å². The second kappa shape index (κ2) is 5.73. The van der Waals surface area contributed by atoms with Crippen LogP contribution >= 0.6 is 23.2 Å². The lowest BCUT2D eigenvalue weighted by Gasteiger charge is -2.18. The lowest BCUT2D eigenvalue weighted by Crippen LogP contribution is -2.25. The Kier molecular flexibility index (Phi) is 4.03. The van der Waals surface area contributed by atoms with Gasteiger partial charge in [0.25, 0.3) is 5.91 Å². The van der Waals surface area contributed by atoms with Gasteiger partial charge < -0.3 is 10.1 Å². The third-order valence-corrected chi connectivity index (χ3v) is 4.54.